The lowest BCUT2D eigenvalue weighted by Gasteiger charge is -2.18. The normalized spacial score (nSPS) is 27.9. The Hall–Kier alpha value is -0.520. The van der Waals surface area contributed by atoms with Crippen LogP contribution in [0.4, 0.5) is 0 Å². The van der Waals surface area contributed by atoms with Gasteiger partial charge in [0.15, 0.2) is 0 Å². The molecule has 0 radical (unpaired) electrons. The first-order valence-corrected chi connectivity index (χ1v) is 9.33. The molecule has 3 atom stereocenters. The average molecular weight is 369 g/mol. The number of carbonyl (C=O) groups is 1. The molecule has 3 nitrogen and oxygen atoms in total. The molecule has 2 fully saturated rings. The van der Waals surface area contributed by atoms with E-state index in [9.17, 15) is 4.79 Å². The van der Waals surface area contributed by atoms with Gasteiger partial charge in [-0.15, -0.1) is 11.8 Å². The van der Waals surface area contributed by atoms with Crippen LogP contribution in [0.3, 0.4) is 0 Å². The Balaban J connectivity index is 1.46. The van der Waals surface area contributed by atoms with Crippen LogP contribution in [0.1, 0.15) is 19.3 Å². The molecule has 0 spiro atoms. The molecule has 5 heteroatoms. The van der Waals surface area contributed by atoms with Crippen molar-refractivity contribution in [1.29, 1.82) is 0 Å². The fourth-order valence-corrected chi connectivity index (χ4v) is 4.98. The van der Waals surface area contributed by atoms with Crippen molar-refractivity contribution in [2.75, 3.05) is 18.8 Å². The lowest BCUT2D eigenvalue weighted by Crippen LogP contribution is -2.33. The lowest BCUT2D eigenvalue weighted by atomic mass is 9.98. The van der Waals surface area contributed by atoms with Gasteiger partial charge >= 0.3 is 0 Å². The van der Waals surface area contributed by atoms with E-state index in [2.05, 4.69) is 22.0 Å². The van der Waals surface area contributed by atoms with Crippen LogP contribution in [-0.2, 0) is 4.79 Å². The number of hydrogen-bond acceptors (Lipinski definition) is 3. The number of hydrogen-bond donors (Lipinski definition) is 1. The quantitative estimate of drug-likeness (QED) is 0.830. The summed E-state index contributed by atoms with van der Waals surface area (Å²) in [6, 6.07) is 8.46. The number of amides is 1. The summed E-state index contributed by atoms with van der Waals surface area (Å²) in [6.07, 6.45) is 2.94. The fraction of sp³-hybridized carbons (Fsp3) is 0.562. The highest BCUT2D eigenvalue weighted by Gasteiger charge is 2.42. The van der Waals surface area contributed by atoms with Crippen LogP contribution in [0.25, 0.3) is 0 Å². The van der Waals surface area contributed by atoms with E-state index in [1.807, 2.05) is 23.1 Å². The number of nitrogens with zero attached hydrogens (tertiary/aromatic N) is 1. The second-order valence-electron chi connectivity index (χ2n) is 5.99. The first kappa shape index (κ1) is 15.4. The summed E-state index contributed by atoms with van der Waals surface area (Å²) in [5.74, 6) is 2.32. The standard InChI is InChI=1S/C16H21BrN2OS/c17-13-3-1-2-4-15(13)21-8-7-16(20)19-9-11-5-6-14(18)12(11)10-19/h1-4,11-12,14H,5-10,18H2. The number of benzene rings is 1. The van der Waals surface area contributed by atoms with Crippen LogP contribution in [0.5, 0.6) is 0 Å². The maximum absolute atomic E-state index is 12.3. The van der Waals surface area contributed by atoms with E-state index in [1.165, 1.54) is 11.3 Å². The zero-order valence-corrected chi connectivity index (χ0v) is 14.4. The van der Waals surface area contributed by atoms with E-state index in [0.717, 1.165) is 29.7 Å². The van der Waals surface area contributed by atoms with Gasteiger partial charge in [-0.3, -0.25) is 4.79 Å². The summed E-state index contributed by atoms with van der Waals surface area (Å²) < 4.78 is 1.10. The van der Waals surface area contributed by atoms with Crippen molar-refractivity contribution in [2.45, 2.75) is 30.2 Å². The van der Waals surface area contributed by atoms with Gasteiger partial charge < -0.3 is 10.6 Å². The molecule has 1 aliphatic heterocycles. The number of thioether (sulfide) groups is 1. The number of halogens is 1. The van der Waals surface area contributed by atoms with E-state index in [4.69, 9.17) is 5.73 Å². The van der Waals surface area contributed by atoms with Crippen LogP contribution in [-0.4, -0.2) is 35.7 Å². The van der Waals surface area contributed by atoms with Crippen molar-refractivity contribution in [3.63, 3.8) is 0 Å². The highest BCUT2D eigenvalue weighted by atomic mass is 79.9. The minimum atomic E-state index is 0.288. The fourth-order valence-electron chi connectivity index (χ4n) is 3.48. The second-order valence-corrected chi connectivity index (χ2v) is 7.98. The third-order valence-electron chi connectivity index (χ3n) is 4.68. The summed E-state index contributed by atoms with van der Waals surface area (Å²) in [7, 11) is 0. The predicted molar refractivity (Wildman–Crippen MR) is 90.3 cm³/mol. The highest BCUT2D eigenvalue weighted by molar-refractivity contribution is 9.10. The SMILES string of the molecule is NC1CCC2CN(C(=O)CCSc3ccccc3Br)CC12. The Labute approximate surface area is 138 Å². The summed E-state index contributed by atoms with van der Waals surface area (Å²) in [5, 5.41) is 0. The van der Waals surface area contributed by atoms with Gasteiger partial charge in [-0.1, -0.05) is 12.1 Å². The van der Waals surface area contributed by atoms with Crippen LogP contribution in [0, 0.1) is 11.8 Å². The van der Waals surface area contributed by atoms with Crippen molar-refractivity contribution in [2.24, 2.45) is 17.6 Å². The Morgan fingerprint density at radius 3 is 2.90 bits per heavy atom. The zero-order valence-electron chi connectivity index (χ0n) is 12.0. The van der Waals surface area contributed by atoms with Crippen molar-refractivity contribution in [3.8, 4) is 0 Å². The van der Waals surface area contributed by atoms with Crippen molar-refractivity contribution < 1.29 is 4.79 Å². The minimum Gasteiger partial charge on any atom is -0.342 e. The van der Waals surface area contributed by atoms with Crippen LogP contribution < -0.4 is 5.73 Å². The van der Waals surface area contributed by atoms with Gasteiger partial charge in [0.1, 0.15) is 0 Å². The Bertz CT molecular complexity index is 525. The molecule has 1 aromatic carbocycles. The second kappa shape index (κ2) is 6.71. The highest BCUT2D eigenvalue weighted by Crippen LogP contribution is 2.37. The van der Waals surface area contributed by atoms with E-state index in [0.29, 0.717) is 24.3 Å². The number of fused-ring (bicyclic) bond motifs is 1. The molecule has 114 valence electrons. The smallest absolute Gasteiger partial charge is 0.223 e. The molecule has 1 heterocycles. The first-order chi connectivity index (χ1) is 10.1. The van der Waals surface area contributed by atoms with Crippen LogP contribution in [0.2, 0.25) is 0 Å². The summed E-state index contributed by atoms with van der Waals surface area (Å²) in [4.78, 5) is 15.6. The Morgan fingerprint density at radius 1 is 1.33 bits per heavy atom. The van der Waals surface area contributed by atoms with E-state index in [-0.39, 0.29) is 5.91 Å². The largest absolute Gasteiger partial charge is 0.342 e. The van der Waals surface area contributed by atoms with E-state index < -0.39 is 0 Å². The van der Waals surface area contributed by atoms with Crippen molar-refractivity contribution >= 4 is 33.6 Å². The molecule has 2 N–H and O–H groups in total. The number of nitrogens with two attached hydrogens (primary N) is 1. The van der Waals surface area contributed by atoms with Gasteiger partial charge in [0.05, 0.1) is 0 Å². The molecule has 1 aliphatic carbocycles. The molecule has 3 rings (SSSR count). The molecule has 1 amide bonds. The van der Waals surface area contributed by atoms with Gasteiger partial charge in [-0.05, 0) is 52.7 Å². The monoisotopic (exact) mass is 368 g/mol. The number of rotatable bonds is 4. The van der Waals surface area contributed by atoms with Gasteiger partial charge in [0, 0.05) is 40.7 Å². The maximum Gasteiger partial charge on any atom is 0.223 e. The van der Waals surface area contributed by atoms with Crippen molar-refractivity contribution in [3.05, 3.63) is 28.7 Å². The molecule has 1 saturated heterocycles. The van der Waals surface area contributed by atoms with Crippen LogP contribution in [0.15, 0.2) is 33.6 Å². The average Bonchev–Trinajstić information content (AvgIpc) is 3.04. The van der Waals surface area contributed by atoms with Crippen LogP contribution >= 0.6 is 27.7 Å². The number of likely N-dealkylation sites (tertiary alicyclic amines) is 1. The first-order valence-electron chi connectivity index (χ1n) is 7.56. The zero-order chi connectivity index (χ0) is 14.8. The summed E-state index contributed by atoms with van der Waals surface area (Å²) >= 11 is 5.28. The third kappa shape index (κ3) is 3.46. The summed E-state index contributed by atoms with van der Waals surface area (Å²) in [6.45, 7) is 1.81. The molecule has 1 saturated carbocycles. The third-order valence-corrected chi connectivity index (χ3v) is 6.70. The van der Waals surface area contributed by atoms with Gasteiger partial charge in [-0.25, -0.2) is 0 Å². The Morgan fingerprint density at radius 2 is 2.14 bits per heavy atom. The lowest BCUT2D eigenvalue weighted by molar-refractivity contribution is -0.130. The molecule has 0 aromatic heterocycles. The maximum atomic E-state index is 12.3. The molecule has 21 heavy (non-hydrogen) atoms. The van der Waals surface area contributed by atoms with Gasteiger partial charge in [0.2, 0.25) is 5.91 Å². The topological polar surface area (TPSA) is 46.3 Å². The summed E-state index contributed by atoms with van der Waals surface area (Å²) in [5.41, 5.74) is 6.13. The van der Waals surface area contributed by atoms with E-state index >= 15 is 0 Å². The van der Waals surface area contributed by atoms with Crippen molar-refractivity contribution in [1.82, 2.24) is 4.90 Å². The molecule has 2 aliphatic rings. The van der Waals surface area contributed by atoms with Gasteiger partial charge in [-0.2, -0.15) is 0 Å². The van der Waals surface area contributed by atoms with E-state index in [1.54, 1.807) is 11.8 Å². The van der Waals surface area contributed by atoms with Gasteiger partial charge in [0.25, 0.3) is 0 Å². The Kier molecular flexibility index (Phi) is 4.92. The molecular formula is C16H21BrN2OS. The minimum absolute atomic E-state index is 0.288. The molecular weight excluding hydrogens is 348 g/mol. The molecule has 0 bridgehead atoms. The number of carbonyl (C=O) groups excluding carboxylic acids is 1. The molecule has 1 aromatic rings. The molecule has 3 unspecified atom stereocenters. The predicted octanol–water partition coefficient (Wildman–Crippen LogP) is 3.13.